The number of halogens is 3. The van der Waals surface area contributed by atoms with Gasteiger partial charge in [-0.05, 0) is 98.5 Å². The molecular formula is C43H38F3N5O6. The molecule has 0 spiro atoms. The van der Waals surface area contributed by atoms with E-state index in [0.717, 1.165) is 28.8 Å². The molecule has 0 saturated heterocycles. The minimum Gasteiger partial charge on any atom is -0.493 e. The quantitative estimate of drug-likeness (QED) is 0.132. The van der Waals surface area contributed by atoms with E-state index >= 15 is 0 Å². The molecule has 1 N–H and O–H groups in total. The summed E-state index contributed by atoms with van der Waals surface area (Å²) in [6.45, 7) is 5.58. The fraction of sp³-hybridized carbons (Fsp3) is 0.233. The molecule has 1 atom stereocenters. The number of esters is 1. The summed E-state index contributed by atoms with van der Waals surface area (Å²) in [6, 6.07) is 23.1. The number of aryl methyl sites for hydroxylation is 1. The third-order valence-electron chi connectivity index (χ3n) is 9.73. The van der Waals surface area contributed by atoms with Gasteiger partial charge in [-0.2, -0.15) is 18.3 Å². The number of fused-ring (bicyclic) bond motifs is 2. The summed E-state index contributed by atoms with van der Waals surface area (Å²) in [5.74, 6) is 0.150. The lowest BCUT2D eigenvalue weighted by Gasteiger charge is -2.19. The Hall–Kier alpha value is -6.70. The zero-order chi connectivity index (χ0) is 40.4. The highest BCUT2D eigenvalue weighted by atomic mass is 19.4. The minimum absolute atomic E-state index is 0.00835. The molecule has 1 aliphatic rings. The Bertz CT molecular complexity index is 2600. The van der Waals surface area contributed by atoms with Crippen LogP contribution >= 0.6 is 0 Å². The fourth-order valence-electron chi connectivity index (χ4n) is 6.95. The van der Waals surface area contributed by atoms with E-state index in [-0.39, 0.29) is 34.5 Å². The molecule has 57 heavy (non-hydrogen) atoms. The van der Waals surface area contributed by atoms with E-state index in [2.05, 4.69) is 10.4 Å². The maximum Gasteiger partial charge on any atom is 0.416 e. The summed E-state index contributed by atoms with van der Waals surface area (Å²) in [6.07, 6.45) is -2.09. The number of hydrogen-bond donors (Lipinski definition) is 1. The predicted octanol–water partition coefficient (Wildman–Crippen LogP) is 7.78. The number of ether oxygens (including phenoxy) is 3. The first-order valence-corrected chi connectivity index (χ1v) is 18.2. The van der Waals surface area contributed by atoms with Crippen molar-refractivity contribution in [2.45, 2.75) is 52.6 Å². The van der Waals surface area contributed by atoms with Crippen LogP contribution < -0.4 is 20.3 Å². The number of carbonyl (C=O) groups excluding carboxylic acids is 2. The van der Waals surface area contributed by atoms with Crippen LogP contribution in [0, 0.1) is 13.8 Å². The Balaban J connectivity index is 1.19. The minimum atomic E-state index is -4.58. The Morgan fingerprint density at radius 2 is 1.75 bits per heavy atom. The molecule has 14 heteroatoms. The lowest BCUT2D eigenvalue weighted by atomic mass is 10.0. The molecule has 0 fully saturated rings. The van der Waals surface area contributed by atoms with Gasteiger partial charge in [-0.15, -0.1) is 0 Å². The average molecular weight is 778 g/mol. The molecule has 0 saturated carbocycles. The maximum absolute atomic E-state index is 13.9. The van der Waals surface area contributed by atoms with Crippen molar-refractivity contribution in [1.82, 2.24) is 24.6 Å². The summed E-state index contributed by atoms with van der Waals surface area (Å²) in [5.41, 5.74) is 2.95. The largest absolute Gasteiger partial charge is 0.493 e. The summed E-state index contributed by atoms with van der Waals surface area (Å²) in [4.78, 5) is 45.8. The van der Waals surface area contributed by atoms with E-state index in [9.17, 15) is 27.6 Å². The Labute approximate surface area is 325 Å². The molecule has 1 aliphatic heterocycles. The topological polar surface area (TPSA) is 127 Å². The van der Waals surface area contributed by atoms with Crippen molar-refractivity contribution in [3.05, 3.63) is 146 Å². The van der Waals surface area contributed by atoms with Crippen molar-refractivity contribution >= 4 is 34.4 Å². The van der Waals surface area contributed by atoms with Gasteiger partial charge in [0.1, 0.15) is 12.4 Å². The van der Waals surface area contributed by atoms with Gasteiger partial charge < -0.3 is 19.5 Å². The van der Waals surface area contributed by atoms with E-state index in [1.165, 1.54) is 35.0 Å². The highest BCUT2D eigenvalue weighted by Gasteiger charge is 2.33. The Morgan fingerprint density at radius 3 is 2.49 bits per heavy atom. The monoisotopic (exact) mass is 777 g/mol. The van der Waals surface area contributed by atoms with Gasteiger partial charge in [-0.3, -0.25) is 14.2 Å². The first-order chi connectivity index (χ1) is 27.4. The van der Waals surface area contributed by atoms with E-state index in [4.69, 9.17) is 19.2 Å². The number of benzene rings is 4. The number of rotatable bonds is 11. The number of nitrogens with zero attached hydrogens (tertiary/aromatic N) is 4. The van der Waals surface area contributed by atoms with Crippen molar-refractivity contribution in [3.8, 4) is 17.2 Å². The SMILES string of the molecule is CCOC(=O)C(NC(=O)c1ccc2c(=O)n3c(nc2c1)/C(=C/c1ccc(OC)c(OCc2ccccc2)c1)CC3)c1c(C)nn(-c2cccc(C(F)(F)F)c2)c1C. The highest BCUT2D eigenvalue weighted by Crippen LogP contribution is 2.34. The molecule has 1 amide bonds. The van der Waals surface area contributed by atoms with Crippen LogP contribution in [0.3, 0.4) is 0 Å². The van der Waals surface area contributed by atoms with Crippen LogP contribution in [0.5, 0.6) is 11.5 Å². The second-order valence-corrected chi connectivity index (χ2v) is 13.4. The zero-order valence-electron chi connectivity index (χ0n) is 31.5. The summed E-state index contributed by atoms with van der Waals surface area (Å²) in [7, 11) is 1.57. The lowest BCUT2D eigenvalue weighted by Crippen LogP contribution is -2.35. The molecular weight excluding hydrogens is 739 g/mol. The van der Waals surface area contributed by atoms with Crippen LogP contribution in [0.25, 0.3) is 28.2 Å². The third-order valence-corrected chi connectivity index (χ3v) is 9.73. The Morgan fingerprint density at radius 1 is 0.965 bits per heavy atom. The molecule has 4 aromatic carbocycles. The van der Waals surface area contributed by atoms with Crippen LogP contribution in [0.15, 0.2) is 95.8 Å². The van der Waals surface area contributed by atoms with Gasteiger partial charge in [0, 0.05) is 23.4 Å². The van der Waals surface area contributed by atoms with Gasteiger partial charge in [0.15, 0.2) is 17.5 Å². The number of alkyl halides is 3. The Kier molecular flexibility index (Phi) is 10.7. The number of amides is 1. The van der Waals surface area contributed by atoms with Gasteiger partial charge in [0.25, 0.3) is 11.5 Å². The molecule has 6 aromatic rings. The van der Waals surface area contributed by atoms with E-state index in [1.807, 2.05) is 54.6 Å². The van der Waals surface area contributed by atoms with Gasteiger partial charge in [0.05, 0.1) is 41.6 Å². The van der Waals surface area contributed by atoms with Gasteiger partial charge in [-0.1, -0.05) is 42.5 Å². The van der Waals surface area contributed by atoms with E-state index < -0.39 is 29.7 Å². The normalized spacial score (nSPS) is 13.7. The van der Waals surface area contributed by atoms with Crippen LogP contribution in [0.1, 0.15) is 69.2 Å². The molecule has 3 heterocycles. The number of allylic oxidation sites excluding steroid dienone is 1. The number of carbonyl (C=O) groups is 2. The average Bonchev–Trinajstić information content (AvgIpc) is 3.74. The van der Waals surface area contributed by atoms with Crippen molar-refractivity contribution in [2.75, 3.05) is 13.7 Å². The van der Waals surface area contributed by atoms with Crippen molar-refractivity contribution < 1.29 is 37.0 Å². The second-order valence-electron chi connectivity index (χ2n) is 13.4. The molecule has 7 rings (SSSR count). The van der Waals surface area contributed by atoms with Gasteiger partial charge in [-0.25, -0.2) is 14.5 Å². The standard InChI is InChI=1S/C43H38F3N5O6/c1-5-56-42(54)38(37-25(2)49-51(26(37)3)32-13-9-12-31(23-32)43(44,45)46)48-40(52)30-15-16-33-34(22-30)47-39-29(18-19-50(39)41(33)53)20-28-14-17-35(55-4)36(21-28)57-24-27-10-7-6-8-11-27/h6-17,20-23,38H,5,18-19,24H2,1-4H3,(H,48,52)/b29-20+. The van der Waals surface area contributed by atoms with Crippen molar-refractivity contribution in [3.63, 3.8) is 0 Å². The number of hydrogen-bond acceptors (Lipinski definition) is 8. The molecule has 0 aliphatic carbocycles. The number of nitrogens with one attached hydrogen (secondary N) is 1. The molecule has 11 nitrogen and oxygen atoms in total. The molecule has 0 bridgehead atoms. The van der Waals surface area contributed by atoms with Crippen molar-refractivity contribution in [2.24, 2.45) is 0 Å². The van der Waals surface area contributed by atoms with E-state index in [0.29, 0.717) is 53.7 Å². The first-order valence-electron chi connectivity index (χ1n) is 18.2. The smallest absolute Gasteiger partial charge is 0.416 e. The van der Waals surface area contributed by atoms with Crippen LogP contribution in [-0.2, 0) is 28.9 Å². The lowest BCUT2D eigenvalue weighted by molar-refractivity contribution is -0.145. The van der Waals surface area contributed by atoms with Gasteiger partial charge >= 0.3 is 12.1 Å². The van der Waals surface area contributed by atoms with E-state index in [1.54, 1.807) is 32.4 Å². The zero-order valence-corrected chi connectivity index (χ0v) is 31.5. The number of methoxy groups -OCH3 is 1. The predicted molar refractivity (Wildman–Crippen MR) is 207 cm³/mol. The fourth-order valence-corrected chi connectivity index (χ4v) is 6.95. The third kappa shape index (κ3) is 7.88. The van der Waals surface area contributed by atoms with Crippen LogP contribution in [0.2, 0.25) is 0 Å². The summed E-state index contributed by atoms with van der Waals surface area (Å²) < 4.78 is 60.4. The van der Waals surface area contributed by atoms with Gasteiger partial charge in [0.2, 0.25) is 0 Å². The van der Waals surface area contributed by atoms with Crippen molar-refractivity contribution in [1.29, 1.82) is 0 Å². The van der Waals surface area contributed by atoms with Crippen LogP contribution in [0.4, 0.5) is 13.2 Å². The number of aromatic nitrogens is 4. The molecule has 0 radical (unpaired) electrons. The summed E-state index contributed by atoms with van der Waals surface area (Å²) >= 11 is 0. The molecule has 1 unspecified atom stereocenters. The first kappa shape index (κ1) is 38.6. The maximum atomic E-state index is 13.9. The molecule has 2 aromatic heterocycles. The molecule has 292 valence electrons. The van der Waals surface area contributed by atoms with Crippen LogP contribution in [-0.4, -0.2) is 44.9 Å². The second kappa shape index (κ2) is 15.8. The summed E-state index contributed by atoms with van der Waals surface area (Å²) in [5, 5.41) is 7.47. The highest BCUT2D eigenvalue weighted by molar-refractivity contribution is 6.00.